The lowest BCUT2D eigenvalue weighted by Crippen LogP contribution is -2.11. The number of benzene rings is 3. The highest BCUT2D eigenvalue weighted by molar-refractivity contribution is 5.96. The molecule has 28 heavy (non-hydrogen) atoms. The van der Waals surface area contributed by atoms with Gasteiger partial charge < -0.3 is 16.2 Å². The number of hydrogen-bond acceptors (Lipinski definition) is 3. The number of nitrogens with two attached hydrogens (primary N) is 1. The molecule has 5 nitrogen and oxygen atoms in total. The number of anilines is 1. The predicted octanol–water partition coefficient (Wildman–Crippen LogP) is 4.09. The molecule has 3 aromatic rings. The molecule has 0 spiro atoms. The smallest absolute Gasteiger partial charge is 0.336 e. The number of carbonyl (C=O) groups is 1. The summed E-state index contributed by atoms with van der Waals surface area (Å²) in [5, 5.41) is 20.6. The van der Waals surface area contributed by atoms with E-state index in [1.807, 2.05) is 42.5 Å². The van der Waals surface area contributed by atoms with Gasteiger partial charge in [0.05, 0.1) is 5.56 Å². The first-order chi connectivity index (χ1) is 13.5. The molecule has 1 heterocycles. The van der Waals surface area contributed by atoms with Crippen molar-refractivity contribution in [2.24, 2.45) is 5.73 Å². The van der Waals surface area contributed by atoms with Crippen molar-refractivity contribution >= 4 is 17.5 Å². The van der Waals surface area contributed by atoms with Gasteiger partial charge in [-0.1, -0.05) is 42.5 Å². The summed E-state index contributed by atoms with van der Waals surface area (Å²) in [5.41, 5.74) is 11.7. The molecule has 140 valence electrons. The summed E-state index contributed by atoms with van der Waals surface area (Å²) in [7, 11) is 0. The second kappa shape index (κ2) is 7.19. The van der Waals surface area contributed by atoms with Gasteiger partial charge in [-0.25, -0.2) is 4.79 Å². The van der Waals surface area contributed by atoms with Crippen LogP contribution in [0.4, 0.5) is 5.69 Å². The minimum absolute atomic E-state index is 0.0701. The van der Waals surface area contributed by atoms with E-state index in [0.717, 1.165) is 40.9 Å². The van der Waals surface area contributed by atoms with Gasteiger partial charge in [0, 0.05) is 23.7 Å². The van der Waals surface area contributed by atoms with Gasteiger partial charge in [0.2, 0.25) is 0 Å². The van der Waals surface area contributed by atoms with Crippen LogP contribution in [0, 0.1) is 5.41 Å². The Kier molecular flexibility index (Phi) is 4.57. The lowest BCUT2D eigenvalue weighted by atomic mass is 9.90. The Hall–Kier alpha value is -3.60. The van der Waals surface area contributed by atoms with Crippen molar-refractivity contribution in [3.63, 3.8) is 0 Å². The molecule has 1 aliphatic heterocycles. The first-order valence-electron chi connectivity index (χ1n) is 9.17. The first-order valence-corrected chi connectivity index (χ1v) is 9.17. The number of fused-ring (bicyclic) bond motifs is 1. The van der Waals surface area contributed by atoms with E-state index < -0.39 is 5.97 Å². The highest BCUT2D eigenvalue weighted by atomic mass is 16.4. The SMILES string of the molecule is N=C(N)c1ccc2c(c1)C(Cc1cccc(-c3ccccc3C(=O)O)c1)CN2. The van der Waals surface area contributed by atoms with Crippen LogP contribution in [0.5, 0.6) is 0 Å². The number of carboxylic acid groups (broad SMARTS) is 1. The lowest BCUT2D eigenvalue weighted by molar-refractivity contribution is 0.0697. The maximum atomic E-state index is 11.5. The molecule has 0 radical (unpaired) electrons. The standard InChI is InChI=1S/C23H21N3O2/c24-22(25)16-8-9-21-20(12-16)17(13-26-21)11-14-4-3-5-15(10-14)18-6-1-2-7-19(18)23(27)28/h1-10,12,17,26H,11,13H2,(H3,24,25)(H,27,28). The number of carboxylic acids is 1. The average molecular weight is 371 g/mol. The van der Waals surface area contributed by atoms with Crippen molar-refractivity contribution in [2.45, 2.75) is 12.3 Å². The molecule has 0 saturated heterocycles. The maximum Gasteiger partial charge on any atom is 0.336 e. The number of nitrogens with one attached hydrogen (secondary N) is 2. The Balaban J connectivity index is 1.64. The number of rotatable bonds is 5. The molecule has 5 heteroatoms. The molecule has 1 unspecified atom stereocenters. The normalized spacial score (nSPS) is 14.9. The molecule has 1 atom stereocenters. The molecule has 3 aromatic carbocycles. The molecular formula is C23H21N3O2. The number of hydrogen-bond donors (Lipinski definition) is 4. The van der Waals surface area contributed by atoms with Gasteiger partial charge >= 0.3 is 5.97 Å². The van der Waals surface area contributed by atoms with E-state index in [4.69, 9.17) is 11.1 Å². The van der Waals surface area contributed by atoms with Crippen LogP contribution in [-0.4, -0.2) is 23.5 Å². The summed E-state index contributed by atoms with van der Waals surface area (Å²) in [6.07, 6.45) is 0.824. The van der Waals surface area contributed by atoms with Crippen molar-refractivity contribution in [2.75, 3.05) is 11.9 Å². The monoisotopic (exact) mass is 371 g/mol. The summed E-state index contributed by atoms with van der Waals surface area (Å²) in [4.78, 5) is 11.5. The van der Waals surface area contributed by atoms with E-state index in [0.29, 0.717) is 5.56 Å². The van der Waals surface area contributed by atoms with Gasteiger partial charge in [-0.15, -0.1) is 0 Å². The van der Waals surface area contributed by atoms with Gasteiger partial charge in [-0.3, -0.25) is 5.41 Å². The van der Waals surface area contributed by atoms with E-state index in [-0.39, 0.29) is 11.8 Å². The quantitative estimate of drug-likeness (QED) is 0.401. The van der Waals surface area contributed by atoms with Crippen LogP contribution in [0.15, 0.2) is 66.7 Å². The van der Waals surface area contributed by atoms with Gasteiger partial charge in [-0.05, 0) is 52.9 Å². The molecule has 1 aliphatic rings. The third-order valence-electron chi connectivity index (χ3n) is 5.22. The molecule has 5 N–H and O–H groups in total. The van der Waals surface area contributed by atoms with Crippen LogP contribution >= 0.6 is 0 Å². The zero-order chi connectivity index (χ0) is 19.7. The summed E-state index contributed by atoms with van der Waals surface area (Å²) in [6.45, 7) is 0.826. The highest BCUT2D eigenvalue weighted by Gasteiger charge is 2.23. The molecule has 0 saturated carbocycles. The van der Waals surface area contributed by atoms with Crippen molar-refractivity contribution in [1.82, 2.24) is 0 Å². The second-order valence-electron chi connectivity index (χ2n) is 7.05. The van der Waals surface area contributed by atoms with Crippen LogP contribution in [0.25, 0.3) is 11.1 Å². The molecule has 0 fully saturated rings. The van der Waals surface area contributed by atoms with Crippen molar-refractivity contribution in [3.05, 3.63) is 89.0 Å². The van der Waals surface area contributed by atoms with Gasteiger partial charge in [-0.2, -0.15) is 0 Å². The largest absolute Gasteiger partial charge is 0.478 e. The fourth-order valence-corrected chi connectivity index (χ4v) is 3.83. The molecule has 0 bridgehead atoms. The Morgan fingerprint density at radius 2 is 1.93 bits per heavy atom. The minimum Gasteiger partial charge on any atom is -0.478 e. The summed E-state index contributed by atoms with van der Waals surface area (Å²) in [5.74, 6) is -0.577. The maximum absolute atomic E-state index is 11.5. The van der Waals surface area contributed by atoms with Crippen molar-refractivity contribution in [1.29, 1.82) is 5.41 Å². The molecule has 0 aromatic heterocycles. The zero-order valence-electron chi connectivity index (χ0n) is 15.3. The van der Waals surface area contributed by atoms with E-state index in [9.17, 15) is 9.90 Å². The summed E-state index contributed by atoms with van der Waals surface area (Å²) in [6, 6.07) is 20.9. The predicted molar refractivity (Wildman–Crippen MR) is 111 cm³/mol. The Morgan fingerprint density at radius 3 is 2.71 bits per heavy atom. The number of aromatic carboxylic acids is 1. The number of amidine groups is 1. The van der Waals surface area contributed by atoms with E-state index >= 15 is 0 Å². The Labute approximate surface area is 163 Å². The van der Waals surface area contributed by atoms with Gasteiger partial charge in [0.15, 0.2) is 0 Å². The summed E-state index contributed by atoms with van der Waals surface area (Å²) >= 11 is 0. The van der Waals surface area contributed by atoms with E-state index in [2.05, 4.69) is 17.4 Å². The fourth-order valence-electron chi connectivity index (χ4n) is 3.83. The van der Waals surface area contributed by atoms with Gasteiger partial charge in [0.25, 0.3) is 0 Å². The van der Waals surface area contributed by atoms with Crippen LogP contribution in [0.1, 0.15) is 33.0 Å². The van der Waals surface area contributed by atoms with Crippen molar-refractivity contribution in [3.8, 4) is 11.1 Å². The number of nitrogen functional groups attached to an aromatic ring is 1. The van der Waals surface area contributed by atoms with Crippen LogP contribution in [-0.2, 0) is 6.42 Å². The van der Waals surface area contributed by atoms with Crippen LogP contribution in [0.3, 0.4) is 0 Å². The Morgan fingerprint density at radius 1 is 1.11 bits per heavy atom. The summed E-state index contributed by atoms with van der Waals surface area (Å²) < 4.78 is 0. The van der Waals surface area contributed by atoms with Crippen LogP contribution < -0.4 is 11.1 Å². The average Bonchev–Trinajstić information content (AvgIpc) is 3.10. The lowest BCUT2D eigenvalue weighted by Gasteiger charge is -2.13. The fraction of sp³-hybridized carbons (Fsp3) is 0.130. The van der Waals surface area contributed by atoms with E-state index in [1.165, 1.54) is 5.56 Å². The molecule has 4 rings (SSSR count). The van der Waals surface area contributed by atoms with Crippen molar-refractivity contribution < 1.29 is 9.90 Å². The molecular weight excluding hydrogens is 350 g/mol. The molecule has 0 amide bonds. The van der Waals surface area contributed by atoms with E-state index in [1.54, 1.807) is 12.1 Å². The first kappa shape index (κ1) is 17.8. The minimum atomic E-state index is -0.924. The third-order valence-corrected chi connectivity index (χ3v) is 5.22. The Bertz CT molecular complexity index is 1070. The second-order valence-corrected chi connectivity index (χ2v) is 7.05. The zero-order valence-corrected chi connectivity index (χ0v) is 15.3. The topological polar surface area (TPSA) is 99.2 Å². The van der Waals surface area contributed by atoms with Crippen LogP contribution in [0.2, 0.25) is 0 Å². The third kappa shape index (κ3) is 3.34. The highest BCUT2D eigenvalue weighted by Crippen LogP contribution is 2.35. The van der Waals surface area contributed by atoms with Gasteiger partial charge in [0.1, 0.15) is 5.84 Å². The molecule has 0 aliphatic carbocycles.